The van der Waals surface area contributed by atoms with Crippen molar-refractivity contribution in [3.05, 3.63) is 136 Å². The Balaban J connectivity index is 1.38. The fraction of sp³-hybridized carbons (Fsp3) is 0.194. The molecule has 0 aliphatic carbocycles. The van der Waals surface area contributed by atoms with Crippen LogP contribution < -0.4 is 5.32 Å². The fourth-order valence-corrected chi connectivity index (χ4v) is 5.10. The molecule has 190 valence electrons. The van der Waals surface area contributed by atoms with E-state index in [0.717, 1.165) is 29.0 Å². The Hall–Kier alpha value is -3.12. The summed E-state index contributed by atoms with van der Waals surface area (Å²) in [5, 5.41) is 3.42. The third kappa shape index (κ3) is 8.19. The third-order valence-corrected chi connectivity index (χ3v) is 7.41. The summed E-state index contributed by atoms with van der Waals surface area (Å²) in [7, 11) is 0. The van der Waals surface area contributed by atoms with E-state index in [0.29, 0.717) is 35.8 Å². The summed E-state index contributed by atoms with van der Waals surface area (Å²) < 4.78 is 14.5. The Bertz CT molecular complexity index is 1280. The first kappa shape index (κ1) is 26.9. The van der Waals surface area contributed by atoms with Crippen LogP contribution in [0.25, 0.3) is 0 Å². The number of hydrogen-bond acceptors (Lipinski definition) is 3. The molecule has 0 saturated heterocycles. The van der Waals surface area contributed by atoms with Gasteiger partial charge in [0, 0.05) is 53.0 Å². The molecule has 37 heavy (non-hydrogen) atoms. The van der Waals surface area contributed by atoms with Crippen LogP contribution in [0, 0.1) is 12.7 Å². The first-order valence-corrected chi connectivity index (χ1v) is 13.6. The van der Waals surface area contributed by atoms with Gasteiger partial charge in [-0.25, -0.2) is 4.39 Å². The van der Waals surface area contributed by atoms with E-state index in [4.69, 9.17) is 11.6 Å². The molecule has 0 aliphatic heterocycles. The summed E-state index contributed by atoms with van der Waals surface area (Å²) in [5.41, 5.74) is 4.43. The summed E-state index contributed by atoms with van der Waals surface area (Å²) in [4.78, 5) is 15.8. The number of nitrogens with zero attached hydrogens (tertiary/aromatic N) is 1. The summed E-state index contributed by atoms with van der Waals surface area (Å²) in [6, 6.07) is 30.8. The highest BCUT2D eigenvalue weighted by atomic mass is 35.5. The third-order valence-electron chi connectivity index (χ3n) is 6.06. The second-order valence-electron chi connectivity index (χ2n) is 8.94. The van der Waals surface area contributed by atoms with Gasteiger partial charge in [-0.2, -0.15) is 0 Å². The number of amides is 1. The minimum atomic E-state index is -0.284. The molecule has 0 unspecified atom stereocenters. The molecule has 0 radical (unpaired) electrons. The lowest BCUT2D eigenvalue weighted by Crippen LogP contribution is -2.26. The molecule has 0 atom stereocenters. The quantitative estimate of drug-likeness (QED) is 0.203. The SMILES string of the molecule is Cc1ccc(C(=O)NCc2ccc(CN(CCSc3ccccc3)Cc3c(F)cccc3Cl)cc2)cc1. The molecule has 0 fully saturated rings. The summed E-state index contributed by atoms with van der Waals surface area (Å²) in [5.74, 6) is 0.500. The van der Waals surface area contributed by atoms with Crippen LogP contribution in [0.4, 0.5) is 4.39 Å². The van der Waals surface area contributed by atoms with Crippen LogP contribution in [-0.2, 0) is 19.6 Å². The number of carbonyl (C=O) groups excluding carboxylic acids is 1. The van der Waals surface area contributed by atoms with Crippen LogP contribution in [0.3, 0.4) is 0 Å². The molecule has 4 rings (SSSR count). The molecule has 0 saturated carbocycles. The zero-order valence-corrected chi connectivity index (χ0v) is 22.4. The highest BCUT2D eigenvalue weighted by Crippen LogP contribution is 2.23. The van der Waals surface area contributed by atoms with Crippen molar-refractivity contribution in [3.8, 4) is 0 Å². The summed E-state index contributed by atoms with van der Waals surface area (Å²) in [6.45, 7) is 4.32. The second-order valence-corrected chi connectivity index (χ2v) is 10.5. The van der Waals surface area contributed by atoms with E-state index in [1.807, 2.05) is 61.5 Å². The normalized spacial score (nSPS) is 11.0. The first-order valence-electron chi connectivity index (χ1n) is 12.2. The average Bonchev–Trinajstić information content (AvgIpc) is 2.91. The maximum atomic E-state index is 14.5. The van der Waals surface area contributed by atoms with Crippen molar-refractivity contribution < 1.29 is 9.18 Å². The number of halogens is 2. The lowest BCUT2D eigenvalue weighted by Gasteiger charge is -2.23. The van der Waals surface area contributed by atoms with E-state index in [1.54, 1.807) is 23.9 Å². The van der Waals surface area contributed by atoms with Crippen molar-refractivity contribution in [2.75, 3.05) is 12.3 Å². The monoisotopic (exact) mass is 532 g/mol. The van der Waals surface area contributed by atoms with E-state index in [9.17, 15) is 9.18 Å². The Labute approximate surface area is 227 Å². The number of hydrogen-bond donors (Lipinski definition) is 1. The van der Waals surface area contributed by atoms with Gasteiger partial charge in [-0.05, 0) is 54.4 Å². The molecule has 1 amide bonds. The van der Waals surface area contributed by atoms with Gasteiger partial charge >= 0.3 is 0 Å². The largest absolute Gasteiger partial charge is 0.348 e. The maximum absolute atomic E-state index is 14.5. The standard InChI is InChI=1S/C31H30ClFN2OS/c1-23-10-16-26(17-11-23)31(36)34-20-24-12-14-25(15-13-24)21-35(18-19-37-27-6-3-2-4-7-27)22-28-29(32)8-5-9-30(28)33/h2-17H,18-22H2,1H3,(H,34,36). The zero-order valence-electron chi connectivity index (χ0n) is 20.8. The van der Waals surface area contributed by atoms with E-state index in [1.165, 1.54) is 11.0 Å². The Kier molecular flexibility index (Phi) is 9.78. The van der Waals surface area contributed by atoms with Crippen LogP contribution in [0.2, 0.25) is 5.02 Å². The Morgan fingerprint density at radius 2 is 1.57 bits per heavy atom. The molecule has 0 spiro atoms. The van der Waals surface area contributed by atoms with Crippen LogP contribution in [-0.4, -0.2) is 23.1 Å². The molecule has 0 aromatic heterocycles. The van der Waals surface area contributed by atoms with Gasteiger partial charge in [0.05, 0.1) is 0 Å². The van der Waals surface area contributed by atoms with Gasteiger partial charge in [0.1, 0.15) is 5.82 Å². The molecule has 0 bridgehead atoms. The molecule has 4 aromatic rings. The van der Waals surface area contributed by atoms with E-state index < -0.39 is 0 Å². The Morgan fingerprint density at radius 3 is 2.27 bits per heavy atom. The van der Waals surface area contributed by atoms with Crippen molar-refractivity contribution in [2.24, 2.45) is 0 Å². The lowest BCUT2D eigenvalue weighted by molar-refractivity contribution is 0.0951. The average molecular weight is 533 g/mol. The van der Waals surface area contributed by atoms with Gasteiger partial charge < -0.3 is 5.32 Å². The van der Waals surface area contributed by atoms with Crippen molar-refractivity contribution >= 4 is 29.3 Å². The van der Waals surface area contributed by atoms with Gasteiger partial charge in [0.15, 0.2) is 0 Å². The smallest absolute Gasteiger partial charge is 0.251 e. The van der Waals surface area contributed by atoms with E-state index >= 15 is 0 Å². The van der Waals surface area contributed by atoms with Crippen LogP contribution >= 0.6 is 23.4 Å². The van der Waals surface area contributed by atoms with Gasteiger partial charge in [0.25, 0.3) is 5.91 Å². The van der Waals surface area contributed by atoms with Crippen LogP contribution in [0.15, 0.2) is 102 Å². The van der Waals surface area contributed by atoms with Crippen molar-refractivity contribution in [3.63, 3.8) is 0 Å². The molecule has 3 nitrogen and oxygen atoms in total. The molecule has 4 aromatic carbocycles. The van der Waals surface area contributed by atoms with E-state index in [2.05, 4.69) is 34.5 Å². The van der Waals surface area contributed by atoms with Crippen LogP contribution in [0.5, 0.6) is 0 Å². The highest BCUT2D eigenvalue weighted by Gasteiger charge is 2.14. The fourth-order valence-electron chi connectivity index (χ4n) is 3.94. The van der Waals surface area contributed by atoms with Gasteiger partial charge in [-0.3, -0.25) is 9.69 Å². The summed E-state index contributed by atoms with van der Waals surface area (Å²) in [6.07, 6.45) is 0. The highest BCUT2D eigenvalue weighted by molar-refractivity contribution is 7.99. The predicted molar refractivity (Wildman–Crippen MR) is 151 cm³/mol. The van der Waals surface area contributed by atoms with Crippen molar-refractivity contribution in [1.29, 1.82) is 0 Å². The van der Waals surface area contributed by atoms with Gasteiger partial charge in [0.2, 0.25) is 0 Å². The molecule has 6 heteroatoms. The Morgan fingerprint density at radius 1 is 0.865 bits per heavy atom. The number of benzene rings is 4. The molecular formula is C31H30ClFN2OS. The van der Waals surface area contributed by atoms with Crippen LogP contribution in [0.1, 0.15) is 32.6 Å². The topological polar surface area (TPSA) is 32.3 Å². The first-order chi connectivity index (χ1) is 18.0. The molecule has 1 N–H and O–H groups in total. The number of thioether (sulfide) groups is 1. The minimum absolute atomic E-state index is 0.0899. The maximum Gasteiger partial charge on any atom is 0.251 e. The molecule has 0 aliphatic rings. The second kappa shape index (κ2) is 13.4. The zero-order chi connectivity index (χ0) is 26.0. The predicted octanol–water partition coefficient (Wildman–Crippen LogP) is 7.51. The van der Waals surface area contributed by atoms with Crippen molar-refractivity contribution in [1.82, 2.24) is 10.2 Å². The van der Waals surface area contributed by atoms with Gasteiger partial charge in [-0.1, -0.05) is 77.8 Å². The number of aryl methyl sites for hydroxylation is 1. The molecule has 0 heterocycles. The van der Waals surface area contributed by atoms with E-state index in [-0.39, 0.29) is 11.7 Å². The van der Waals surface area contributed by atoms with Crippen molar-refractivity contribution in [2.45, 2.75) is 31.5 Å². The minimum Gasteiger partial charge on any atom is -0.348 e. The number of rotatable bonds is 11. The lowest BCUT2D eigenvalue weighted by atomic mass is 10.1. The molecular weight excluding hydrogens is 503 g/mol. The number of nitrogens with one attached hydrogen (secondary N) is 1. The summed E-state index contributed by atoms with van der Waals surface area (Å²) >= 11 is 8.11. The number of carbonyl (C=O) groups is 1. The van der Waals surface area contributed by atoms with Gasteiger partial charge in [-0.15, -0.1) is 11.8 Å².